The van der Waals surface area contributed by atoms with Gasteiger partial charge in [0.05, 0.1) is 6.54 Å². The predicted octanol–water partition coefficient (Wildman–Crippen LogP) is 2.37. The van der Waals surface area contributed by atoms with E-state index in [1.165, 1.54) is 12.8 Å². The average molecular weight is 401 g/mol. The first-order valence-electron chi connectivity index (χ1n) is 11.1. The molecule has 3 rings (SSSR count). The van der Waals surface area contributed by atoms with Crippen LogP contribution < -0.4 is 16.0 Å². The molecule has 0 aromatic carbocycles. The Balaban J connectivity index is 1.60. The lowest BCUT2D eigenvalue weighted by Crippen LogP contribution is -2.47. The minimum absolute atomic E-state index is 0.215. The number of carbonyl (C=O) groups is 1. The Morgan fingerprint density at radius 3 is 2.72 bits per heavy atom. The molecule has 2 aliphatic heterocycles. The molecule has 2 fully saturated rings. The second-order valence-electron chi connectivity index (χ2n) is 8.49. The van der Waals surface area contributed by atoms with E-state index in [9.17, 15) is 4.79 Å². The van der Waals surface area contributed by atoms with Crippen LogP contribution in [0.5, 0.6) is 0 Å². The first-order chi connectivity index (χ1) is 14.0. The van der Waals surface area contributed by atoms with E-state index >= 15 is 0 Å². The third kappa shape index (κ3) is 6.34. The summed E-state index contributed by atoms with van der Waals surface area (Å²) < 4.78 is 0. The second-order valence-corrected chi connectivity index (χ2v) is 8.49. The molecule has 0 spiro atoms. The Bertz CT molecular complexity index is 681. The standard InChI is InChI=1S/C22H36N6O/c1-3-24-22(28-10-4-5-18(16-28)13-20(23)29)26-15-19-6-7-21(25-14-19)27-11-8-17(2)9-12-27/h6-7,14,17-18H,3-5,8-13,15-16H2,1-2H3,(H2,23,29)(H,24,26). The molecular formula is C22H36N6O. The van der Waals surface area contributed by atoms with Crippen LogP contribution in [0.25, 0.3) is 0 Å². The number of pyridine rings is 1. The number of hydrogen-bond acceptors (Lipinski definition) is 4. The number of hydrogen-bond donors (Lipinski definition) is 2. The summed E-state index contributed by atoms with van der Waals surface area (Å²) in [5.41, 5.74) is 6.51. The molecule has 29 heavy (non-hydrogen) atoms. The van der Waals surface area contributed by atoms with Gasteiger partial charge in [-0.15, -0.1) is 0 Å². The molecule has 1 unspecified atom stereocenters. The highest BCUT2D eigenvalue weighted by molar-refractivity contribution is 5.80. The van der Waals surface area contributed by atoms with Crippen molar-refractivity contribution in [1.29, 1.82) is 0 Å². The Labute approximate surface area is 174 Å². The van der Waals surface area contributed by atoms with Crippen molar-refractivity contribution in [2.45, 2.75) is 52.5 Å². The van der Waals surface area contributed by atoms with Crippen LogP contribution in [0, 0.1) is 11.8 Å². The molecular weight excluding hydrogens is 364 g/mol. The van der Waals surface area contributed by atoms with Crippen molar-refractivity contribution in [3.63, 3.8) is 0 Å². The number of aliphatic imine (C=N–C) groups is 1. The quantitative estimate of drug-likeness (QED) is 0.565. The molecule has 1 atom stereocenters. The minimum Gasteiger partial charge on any atom is -0.370 e. The van der Waals surface area contributed by atoms with Gasteiger partial charge in [0.1, 0.15) is 5.82 Å². The Morgan fingerprint density at radius 1 is 1.28 bits per heavy atom. The summed E-state index contributed by atoms with van der Waals surface area (Å²) in [4.78, 5) is 25.4. The molecule has 3 N–H and O–H groups in total. The molecule has 7 nitrogen and oxygen atoms in total. The van der Waals surface area contributed by atoms with Crippen LogP contribution in [0.1, 0.15) is 51.5 Å². The van der Waals surface area contributed by atoms with Gasteiger partial charge in [-0.05, 0) is 56.1 Å². The fourth-order valence-corrected chi connectivity index (χ4v) is 4.24. The van der Waals surface area contributed by atoms with Crippen LogP contribution >= 0.6 is 0 Å². The molecule has 7 heteroatoms. The Hall–Kier alpha value is -2.31. The van der Waals surface area contributed by atoms with E-state index in [0.29, 0.717) is 18.9 Å². The summed E-state index contributed by atoms with van der Waals surface area (Å²) in [5, 5.41) is 3.39. The van der Waals surface area contributed by atoms with Gasteiger partial charge in [0.2, 0.25) is 5.91 Å². The Morgan fingerprint density at radius 2 is 2.07 bits per heavy atom. The molecule has 160 valence electrons. The third-order valence-electron chi connectivity index (χ3n) is 5.97. The van der Waals surface area contributed by atoms with E-state index in [4.69, 9.17) is 10.7 Å². The van der Waals surface area contributed by atoms with Crippen molar-refractivity contribution in [3.8, 4) is 0 Å². The van der Waals surface area contributed by atoms with E-state index < -0.39 is 0 Å². The number of anilines is 1. The largest absolute Gasteiger partial charge is 0.370 e. The molecule has 1 aromatic rings. The van der Waals surface area contributed by atoms with Crippen LogP contribution in [0.15, 0.2) is 23.3 Å². The highest BCUT2D eigenvalue weighted by atomic mass is 16.1. The summed E-state index contributed by atoms with van der Waals surface area (Å²) >= 11 is 0. The molecule has 0 bridgehead atoms. The monoisotopic (exact) mass is 400 g/mol. The number of primary amides is 1. The number of likely N-dealkylation sites (tertiary alicyclic amines) is 1. The lowest BCUT2D eigenvalue weighted by molar-refractivity contribution is -0.119. The first-order valence-corrected chi connectivity index (χ1v) is 11.1. The molecule has 3 heterocycles. The van der Waals surface area contributed by atoms with E-state index in [-0.39, 0.29) is 5.91 Å². The normalized spacial score (nSPS) is 21.3. The number of nitrogens with zero attached hydrogens (tertiary/aromatic N) is 4. The van der Waals surface area contributed by atoms with Gasteiger partial charge in [0, 0.05) is 45.3 Å². The average Bonchev–Trinajstić information content (AvgIpc) is 2.72. The van der Waals surface area contributed by atoms with Gasteiger partial charge < -0.3 is 20.9 Å². The number of nitrogens with two attached hydrogens (primary N) is 1. The number of aromatic nitrogens is 1. The molecule has 1 aromatic heterocycles. The molecule has 0 saturated carbocycles. The molecule has 2 saturated heterocycles. The maximum atomic E-state index is 11.3. The van der Waals surface area contributed by atoms with Crippen molar-refractivity contribution in [3.05, 3.63) is 23.9 Å². The van der Waals surface area contributed by atoms with Crippen LogP contribution in [0.3, 0.4) is 0 Å². The number of nitrogens with one attached hydrogen (secondary N) is 1. The zero-order valence-corrected chi connectivity index (χ0v) is 17.9. The van der Waals surface area contributed by atoms with E-state index in [0.717, 1.165) is 68.8 Å². The van der Waals surface area contributed by atoms with Gasteiger partial charge in [-0.25, -0.2) is 9.98 Å². The van der Waals surface area contributed by atoms with Gasteiger partial charge in [0.15, 0.2) is 5.96 Å². The predicted molar refractivity (Wildman–Crippen MR) is 118 cm³/mol. The zero-order chi connectivity index (χ0) is 20.6. The first kappa shape index (κ1) is 21.4. The number of amides is 1. The van der Waals surface area contributed by atoms with Crippen LogP contribution in [0.2, 0.25) is 0 Å². The van der Waals surface area contributed by atoms with Crippen molar-refractivity contribution in [2.75, 3.05) is 37.6 Å². The van der Waals surface area contributed by atoms with Gasteiger partial charge >= 0.3 is 0 Å². The lowest BCUT2D eigenvalue weighted by atomic mass is 9.95. The van der Waals surface area contributed by atoms with E-state index in [1.54, 1.807) is 0 Å². The number of guanidine groups is 1. The molecule has 2 aliphatic rings. The van der Waals surface area contributed by atoms with Crippen molar-refractivity contribution < 1.29 is 4.79 Å². The summed E-state index contributed by atoms with van der Waals surface area (Å²) in [6.45, 7) is 9.81. The summed E-state index contributed by atoms with van der Waals surface area (Å²) in [6.07, 6.45) is 7.01. The van der Waals surface area contributed by atoms with Gasteiger partial charge in [-0.2, -0.15) is 0 Å². The van der Waals surface area contributed by atoms with Crippen molar-refractivity contribution in [2.24, 2.45) is 22.6 Å². The van der Waals surface area contributed by atoms with E-state index in [2.05, 4.69) is 46.1 Å². The van der Waals surface area contributed by atoms with Crippen LogP contribution in [-0.4, -0.2) is 54.5 Å². The molecule has 0 aliphatic carbocycles. The third-order valence-corrected chi connectivity index (χ3v) is 5.97. The fourth-order valence-electron chi connectivity index (χ4n) is 4.24. The Kier molecular flexibility index (Phi) is 7.72. The minimum atomic E-state index is -0.215. The van der Waals surface area contributed by atoms with Gasteiger partial charge in [-0.1, -0.05) is 13.0 Å². The SMILES string of the molecule is CCNC(=NCc1ccc(N2CCC(C)CC2)nc1)N1CCCC(CC(N)=O)C1. The smallest absolute Gasteiger partial charge is 0.217 e. The van der Waals surface area contributed by atoms with Crippen LogP contribution in [0.4, 0.5) is 5.82 Å². The topological polar surface area (TPSA) is 86.8 Å². The highest BCUT2D eigenvalue weighted by Gasteiger charge is 2.23. The number of rotatable bonds is 6. The number of piperidine rings is 2. The zero-order valence-electron chi connectivity index (χ0n) is 17.9. The van der Waals surface area contributed by atoms with Crippen LogP contribution in [-0.2, 0) is 11.3 Å². The lowest BCUT2D eigenvalue weighted by Gasteiger charge is -2.34. The van der Waals surface area contributed by atoms with Gasteiger partial charge in [0.25, 0.3) is 0 Å². The highest BCUT2D eigenvalue weighted by Crippen LogP contribution is 2.22. The van der Waals surface area contributed by atoms with Gasteiger partial charge in [-0.3, -0.25) is 4.79 Å². The van der Waals surface area contributed by atoms with E-state index in [1.807, 2.05) is 6.20 Å². The summed E-state index contributed by atoms with van der Waals surface area (Å²) in [7, 11) is 0. The van der Waals surface area contributed by atoms with Crippen molar-refractivity contribution in [1.82, 2.24) is 15.2 Å². The second kappa shape index (κ2) is 10.5. The number of carbonyl (C=O) groups excluding carboxylic acids is 1. The molecule has 0 radical (unpaired) electrons. The maximum absolute atomic E-state index is 11.3. The van der Waals surface area contributed by atoms with Crippen molar-refractivity contribution >= 4 is 17.7 Å². The fraction of sp³-hybridized carbons (Fsp3) is 0.682. The summed E-state index contributed by atoms with van der Waals surface area (Å²) in [5.74, 6) is 2.91. The summed E-state index contributed by atoms with van der Waals surface area (Å²) in [6, 6.07) is 4.26. The molecule has 1 amide bonds. The maximum Gasteiger partial charge on any atom is 0.217 e.